The summed E-state index contributed by atoms with van der Waals surface area (Å²) < 4.78 is 28.7. The van der Waals surface area contributed by atoms with Crippen molar-refractivity contribution in [2.45, 2.75) is 0 Å². The van der Waals surface area contributed by atoms with E-state index in [1.165, 1.54) is 20.8 Å². The van der Waals surface area contributed by atoms with Crippen LogP contribution >= 0.6 is 33.5 Å². The lowest BCUT2D eigenvalue weighted by Crippen LogP contribution is -2.15. The number of hydrogen-bond donors (Lipinski definition) is 0. The highest BCUT2D eigenvalue weighted by Gasteiger charge is 2.35. The number of hydrogen-bond acceptors (Lipinski definition) is 4. The van der Waals surface area contributed by atoms with Crippen molar-refractivity contribution < 1.29 is 9.13 Å². The molecule has 0 amide bonds. The van der Waals surface area contributed by atoms with Crippen molar-refractivity contribution >= 4 is 54.7 Å². The molecule has 0 aromatic heterocycles. The van der Waals surface area contributed by atoms with Crippen LogP contribution in [0, 0.1) is 0 Å². The molecule has 4 aromatic carbocycles. The molecule has 0 heterocycles. The molecule has 150 valence electrons. The van der Waals surface area contributed by atoms with Crippen molar-refractivity contribution in [1.29, 1.82) is 0 Å². The van der Waals surface area contributed by atoms with Gasteiger partial charge in [0.05, 0.1) is 0 Å². The molecule has 4 rings (SSSR count). The molecule has 0 unspecified atom stereocenters. The maximum atomic E-state index is 14.3. The third-order valence-corrected chi connectivity index (χ3v) is 19.2. The van der Waals surface area contributed by atoms with E-state index >= 15 is 0 Å². The molecule has 0 atom stereocenters. The second-order valence-corrected chi connectivity index (χ2v) is 17.8. The van der Waals surface area contributed by atoms with E-state index < -0.39 is 12.7 Å². The largest absolute Gasteiger partial charge is 0.301 e. The van der Waals surface area contributed by atoms with Crippen LogP contribution in [0.25, 0.3) is 0 Å². The minimum absolute atomic E-state index is 0.751. The van der Waals surface area contributed by atoms with Gasteiger partial charge >= 0.3 is 0 Å². The van der Waals surface area contributed by atoms with Crippen LogP contribution in [0.3, 0.4) is 0 Å². The van der Waals surface area contributed by atoms with Crippen molar-refractivity contribution in [2.75, 3.05) is 0 Å². The van der Waals surface area contributed by atoms with E-state index in [-0.39, 0.29) is 0 Å². The topological polar surface area (TPSA) is 34.1 Å². The molecule has 0 fully saturated rings. The average Bonchev–Trinajstić information content (AvgIpc) is 2.84. The first-order chi connectivity index (χ1) is 14.6. The highest BCUT2D eigenvalue weighted by molar-refractivity contribution is 9.16. The fourth-order valence-electron chi connectivity index (χ4n) is 3.06. The molecule has 0 bridgehead atoms. The molecule has 0 aliphatic heterocycles. The minimum Gasteiger partial charge on any atom is -0.301 e. The van der Waals surface area contributed by atoms with Crippen LogP contribution < -0.4 is 21.2 Å². The summed E-state index contributed by atoms with van der Waals surface area (Å²) >= 11 is 0. The van der Waals surface area contributed by atoms with Crippen LogP contribution in [0.15, 0.2) is 121 Å². The predicted octanol–water partition coefficient (Wildman–Crippen LogP) is 6.23. The minimum atomic E-state index is -3.05. The van der Waals surface area contributed by atoms with Gasteiger partial charge in [-0.2, -0.15) is 0 Å². The first kappa shape index (κ1) is 21.3. The van der Waals surface area contributed by atoms with Crippen molar-refractivity contribution in [3.63, 3.8) is 0 Å². The molecule has 6 heteroatoms. The molecule has 0 saturated carbocycles. The Kier molecular flexibility index (Phi) is 6.71. The van der Waals surface area contributed by atoms with Crippen molar-refractivity contribution in [3.8, 4) is 0 Å². The zero-order chi connectivity index (χ0) is 20.9. The summed E-state index contributed by atoms with van der Waals surface area (Å²) in [5.74, 6) is 0. The van der Waals surface area contributed by atoms with Gasteiger partial charge in [0.2, 0.25) is 12.7 Å². The molecule has 0 N–H and O–H groups in total. The molecular formula is C24H20O2P2S2. The Labute approximate surface area is 184 Å². The van der Waals surface area contributed by atoms with Gasteiger partial charge in [0, 0.05) is 21.2 Å². The summed E-state index contributed by atoms with van der Waals surface area (Å²) in [6.07, 6.45) is -6.11. The van der Waals surface area contributed by atoms with Gasteiger partial charge in [-0.3, -0.25) is 0 Å². The summed E-state index contributed by atoms with van der Waals surface area (Å²) in [6.45, 7) is 0. The second-order valence-electron chi connectivity index (χ2n) is 6.59. The molecular weight excluding hydrogens is 446 g/mol. The molecule has 0 aliphatic carbocycles. The van der Waals surface area contributed by atoms with Crippen LogP contribution in [0.5, 0.6) is 0 Å². The summed E-state index contributed by atoms with van der Waals surface area (Å²) in [4.78, 5) is 0. The van der Waals surface area contributed by atoms with E-state index in [0.717, 1.165) is 21.2 Å². The fourth-order valence-corrected chi connectivity index (χ4v) is 19.4. The monoisotopic (exact) mass is 466 g/mol. The zero-order valence-corrected chi connectivity index (χ0v) is 19.5. The lowest BCUT2D eigenvalue weighted by atomic mass is 10.4. The Morgan fingerprint density at radius 1 is 0.367 bits per heavy atom. The number of benzene rings is 4. The lowest BCUT2D eigenvalue weighted by Gasteiger charge is -2.22. The Morgan fingerprint density at radius 2 is 0.567 bits per heavy atom. The van der Waals surface area contributed by atoms with Crippen LogP contribution in [0.2, 0.25) is 0 Å². The van der Waals surface area contributed by atoms with E-state index in [1.807, 2.05) is 121 Å². The third-order valence-electron chi connectivity index (χ3n) is 4.63. The average molecular weight is 467 g/mol. The molecule has 2 nitrogen and oxygen atoms in total. The lowest BCUT2D eigenvalue weighted by molar-refractivity contribution is 0.594. The van der Waals surface area contributed by atoms with Crippen LogP contribution in [0.1, 0.15) is 0 Å². The van der Waals surface area contributed by atoms with Crippen LogP contribution in [-0.4, -0.2) is 0 Å². The van der Waals surface area contributed by atoms with Gasteiger partial charge in [-0.25, -0.2) is 0 Å². The Hall–Kier alpha value is -1.96. The summed E-state index contributed by atoms with van der Waals surface area (Å²) in [5.41, 5.74) is 0. The SMILES string of the molecule is O=P(SSP(=O)(c1ccccc1)c1ccccc1)(c1ccccc1)c1ccccc1. The van der Waals surface area contributed by atoms with Gasteiger partial charge in [-0.15, -0.1) is 0 Å². The Morgan fingerprint density at radius 3 is 0.767 bits per heavy atom. The van der Waals surface area contributed by atoms with Gasteiger partial charge in [-0.05, 0) is 20.8 Å². The standard InChI is InChI=1S/C24H20O2P2S2/c25-27(21-13-5-1-6-14-21,22-15-7-2-8-16-22)29-30-28(26,23-17-9-3-10-18-23)24-19-11-4-12-20-24/h1-20H. The molecule has 30 heavy (non-hydrogen) atoms. The Balaban J connectivity index is 1.78. The summed E-state index contributed by atoms with van der Waals surface area (Å²) in [5, 5.41) is 3.01. The van der Waals surface area contributed by atoms with E-state index in [0.29, 0.717) is 0 Å². The number of rotatable bonds is 7. The highest BCUT2D eigenvalue weighted by atomic mass is 33.5. The zero-order valence-electron chi connectivity index (χ0n) is 16.1. The van der Waals surface area contributed by atoms with Crippen LogP contribution in [-0.2, 0) is 9.13 Å². The van der Waals surface area contributed by atoms with Gasteiger partial charge < -0.3 is 9.13 Å². The molecule has 0 saturated heterocycles. The molecule has 0 aliphatic rings. The normalized spacial score (nSPS) is 11.9. The molecule has 4 aromatic rings. The van der Waals surface area contributed by atoms with Gasteiger partial charge in [0.15, 0.2) is 0 Å². The summed E-state index contributed by atoms with van der Waals surface area (Å²) in [7, 11) is 2.47. The van der Waals surface area contributed by atoms with Gasteiger partial charge in [0.25, 0.3) is 0 Å². The van der Waals surface area contributed by atoms with Gasteiger partial charge in [-0.1, -0.05) is 121 Å². The maximum absolute atomic E-state index is 14.3. The first-order valence-corrected chi connectivity index (χ1v) is 16.2. The van der Waals surface area contributed by atoms with Gasteiger partial charge in [0.1, 0.15) is 0 Å². The fraction of sp³-hybridized carbons (Fsp3) is 0. The van der Waals surface area contributed by atoms with Crippen molar-refractivity contribution in [2.24, 2.45) is 0 Å². The quantitative estimate of drug-likeness (QED) is 0.239. The Bertz CT molecular complexity index is 1000. The summed E-state index contributed by atoms with van der Waals surface area (Å²) in [6, 6.07) is 37.9. The van der Waals surface area contributed by atoms with E-state index in [1.54, 1.807) is 0 Å². The third kappa shape index (κ3) is 4.38. The smallest absolute Gasteiger partial charge is 0.205 e. The molecule has 0 spiro atoms. The van der Waals surface area contributed by atoms with Crippen molar-refractivity contribution in [3.05, 3.63) is 121 Å². The van der Waals surface area contributed by atoms with Crippen LogP contribution in [0.4, 0.5) is 0 Å². The highest BCUT2D eigenvalue weighted by Crippen LogP contribution is 2.73. The van der Waals surface area contributed by atoms with Crippen molar-refractivity contribution in [1.82, 2.24) is 0 Å². The first-order valence-electron chi connectivity index (χ1n) is 9.43. The van der Waals surface area contributed by atoms with E-state index in [2.05, 4.69) is 0 Å². The maximum Gasteiger partial charge on any atom is 0.205 e. The molecule has 0 radical (unpaired) electrons. The second kappa shape index (κ2) is 9.45. The van der Waals surface area contributed by atoms with E-state index in [9.17, 15) is 9.13 Å². The van der Waals surface area contributed by atoms with E-state index in [4.69, 9.17) is 0 Å². The predicted molar refractivity (Wildman–Crippen MR) is 135 cm³/mol.